The van der Waals surface area contributed by atoms with Crippen molar-refractivity contribution < 1.29 is 14.3 Å². The second kappa shape index (κ2) is 6.57. The highest BCUT2D eigenvalue weighted by Gasteiger charge is 2.18. The zero-order chi connectivity index (χ0) is 13.7. The molecule has 2 rings (SSSR count). The molecule has 4 heteroatoms. The largest absolute Gasteiger partial charge is 0.493 e. The fourth-order valence-corrected chi connectivity index (χ4v) is 2.36. The summed E-state index contributed by atoms with van der Waals surface area (Å²) in [5.41, 5.74) is 0.602. The summed E-state index contributed by atoms with van der Waals surface area (Å²) in [5, 5.41) is 0. The van der Waals surface area contributed by atoms with E-state index in [4.69, 9.17) is 9.47 Å². The van der Waals surface area contributed by atoms with Gasteiger partial charge >= 0.3 is 0 Å². The van der Waals surface area contributed by atoms with Crippen LogP contribution in [0.2, 0.25) is 0 Å². The van der Waals surface area contributed by atoms with Gasteiger partial charge in [0.2, 0.25) is 0 Å². The number of likely N-dealkylation sites (tertiary alicyclic amines) is 1. The summed E-state index contributed by atoms with van der Waals surface area (Å²) >= 11 is 0. The first-order valence-electron chi connectivity index (χ1n) is 6.71. The van der Waals surface area contributed by atoms with Crippen LogP contribution in [0.15, 0.2) is 18.2 Å². The monoisotopic (exact) mass is 263 g/mol. The van der Waals surface area contributed by atoms with Crippen LogP contribution in [-0.2, 0) is 0 Å². The second-order valence-electron chi connectivity index (χ2n) is 5.00. The van der Waals surface area contributed by atoms with Crippen LogP contribution in [0.4, 0.5) is 0 Å². The number of hydrogen-bond acceptors (Lipinski definition) is 4. The number of nitrogens with zero attached hydrogens (tertiary/aromatic N) is 1. The Morgan fingerprint density at radius 3 is 2.84 bits per heavy atom. The molecule has 1 aliphatic rings. The Morgan fingerprint density at radius 1 is 1.26 bits per heavy atom. The third-order valence-electron chi connectivity index (χ3n) is 3.52. The lowest BCUT2D eigenvalue weighted by molar-refractivity contribution is 0.112. The Balaban J connectivity index is 2.07. The number of rotatable bonds is 4. The first-order valence-corrected chi connectivity index (χ1v) is 6.71. The third-order valence-corrected chi connectivity index (χ3v) is 3.52. The standard InChI is InChI=1S/C15H21NO3/c1-16-8-3-4-13(7-9-16)19-14-6-5-12(11-17)10-15(14)18-2/h5-6,10-11,13H,3-4,7-9H2,1-2H3. The predicted molar refractivity (Wildman–Crippen MR) is 74.1 cm³/mol. The molecule has 1 aliphatic heterocycles. The molecule has 1 fully saturated rings. The second-order valence-corrected chi connectivity index (χ2v) is 5.00. The molecular weight excluding hydrogens is 242 g/mol. The quantitative estimate of drug-likeness (QED) is 0.782. The molecule has 0 spiro atoms. The van der Waals surface area contributed by atoms with Crippen molar-refractivity contribution in [2.24, 2.45) is 0 Å². The lowest BCUT2D eigenvalue weighted by Gasteiger charge is -2.19. The van der Waals surface area contributed by atoms with E-state index >= 15 is 0 Å². The molecule has 1 atom stereocenters. The summed E-state index contributed by atoms with van der Waals surface area (Å²) in [4.78, 5) is 13.1. The van der Waals surface area contributed by atoms with E-state index in [9.17, 15) is 4.79 Å². The van der Waals surface area contributed by atoms with Crippen molar-refractivity contribution in [3.63, 3.8) is 0 Å². The van der Waals surface area contributed by atoms with Gasteiger partial charge in [-0.2, -0.15) is 0 Å². The minimum absolute atomic E-state index is 0.223. The summed E-state index contributed by atoms with van der Waals surface area (Å²) in [6.45, 7) is 2.18. The van der Waals surface area contributed by atoms with Crippen LogP contribution >= 0.6 is 0 Å². The zero-order valence-electron chi connectivity index (χ0n) is 11.6. The van der Waals surface area contributed by atoms with Crippen molar-refractivity contribution in [1.29, 1.82) is 0 Å². The predicted octanol–water partition coefficient (Wildman–Crippen LogP) is 2.37. The highest BCUT2D eigenvalue weighted by atomic mass is 16.5. The van der Waals surface area contributed by atoms with Gasteiger partial charge in [0.05, 0.1) is 7.11 Å². The van der Waals surface area contributed by atoms with Gasteiger partial charge in [-0.25, -0.2) is 0 Å². The molecule has 1 aromatic rings. The van der Waals surface area contributed by atoms with Gasteiger partial charge < -0.3 is 14.4 Å². The lowest BCUT2D eigenvalue weighted by Crippen LogP contribution is -2.21. The molecule has 1 aromatic carbocycles. The van der Waals surface area contributed by atoms with Gasteiger partial charge in [-0.1, -0.05) is 0 Å². The van der Waals surface area contributed by atoms with Crippen molar-refractivity contribution in [2.45, 2.75) is 25.4 Å². The highest BCUT2D eigenvalue weighted by Crippen LogP contribution is 2.30. The van der Waals surface area contributed by atoms with Crippen molar-refractivity contribution >= 4 is 6.29 Å². The molecule has 0 saturated carbocycles. The van der Waals surface area contributed by atoms with Gasteiger partial charge in [0, 0.05) is 12.1 Å². The van der Waals surface area contributed by atoms with Gasteiger partial charge in [0.15, 0.2) is 11.5 Å². The molecule has 0 N–H and O–H groups in total. The van der Waals surface area contributed by atoms with Crippen molar-refractivity contribution in [3.8, 4) is 11.5 Å². The van der Waals surface area contributed by atoms with E-state index < -0.39 is 0 Å². The van der Waals surface area contributed by atoms with Crippen LogP contribution in [-0.4, -0.2) is 44.5 Å². The number of carbonyl (C=O) groups is 1. The summed E-state index contributed by atoms with van der Waals surface area (Å²) in [5.74, 6) is 1.35. The van der Waals surface area contributed by atoms with Crippen LogP contribution < -0.4 is 9.47 Å². The molecule has 1 saturated heterocycles. The van der Waals surface area contributed by atoms with E-state index in [1.807, 2.05) is 6.07 Å². The molecule has 0 aliphatic carbocycles. The maximum absolute atomic E-state index is 10.8. The molecule has 1 heterocycles. The number of benzene rings is 1. The van der Waals surface area contributed by atoms with E-state index in [1.165, 1.54) is 0 Å². The summed E-state index contributed by atoms with van der Waals surface area (Å²) in [6.07, 6.45) is 4.27. The van der Waals surface area contributed by atoms with Crippen molar-refractivity contribution in [1.82, 2.24) is 4.90 Å². The number of methoxy groups -OCH3 is 1. The number of hydrogen-bond donors (Lipinski definition) is 0. The first-order chi connectivity index (χ1) is 9.22. The fraction of sp³-hybridized carbons (Fsp3) is 0.533. The van der Waals surface area contributed by atoms with E-state index in [1.54, 1.807) is 19.2 Å². The molecule has 104 valence electrons. The first kappa shape index (κ1) is 13.9. The van der Waals surface area contributed by atoms with Gasteiger partial charge in [-0.15, -0.1) is 0 Å². The molecule has 0 radical (unpaired) electrons. The topological polar surface area (TPSA) is 38.8 Å². The summed E-state index contributed by atoms with van der Waals surface area (Å²) in [6, 6.07) is 5.29. The van der Waals surface area contributed by atoms with E-state index in [-0.39, 0.29) is 6.10 Å². The summed E-state index contributed by atoms with van der Waals surface area (Å²) in [7, 11) is 3.74. The number of aldehydes is 1. The average molecular weight is 263 g/mol. The van der Waals surface area contributed by atoms with E-state index in [2.05, 4.69) is 11.9 Å². The maximum atomic E-state index is 10.8. The van der Waals surface area contributed by atoms with E-state index in [0.717, 1.165) is 44.4 Å². The normalized spacial score (nSPS) is 20.6. The average Bonchev–Trinajstić information content (AvgIpc) is 2.64. The molecule has 0 amide bonds. The Labute approximate surface area is 114 Å². The van der Waals surface area contributed by atoms with Gasteiger partial charge in [0.25, 0.3) is 0 Å². The summed E-state index contributed by atoms with van der Waals surface area (Å²) < 4.78 is 11.3. The number of carbonyl (C=O) groups excluding carboxylic acids is 1. The Morgan fingerprint density at radius 2 is 2.11 bits per heavy atom. The van der Waals surface area contributed by atoms with Gasteiger partial charge in [-0.3, -0.25) is 4.79 Å². The van der Waals surface area contributed by atoms with Crippen LogP contribution in [0.25, 0.3) is 0 Å². The fourth-order valence-electron chi connectivity index (χ4n) is 2.36. The lowest BCUT2D eigenvalue weighted by atomic mass is 10.1. The van der Waals surface area contributed by atoms with E-state index in [0.29, 0.717) is 11.3 Å². The molecule has 0 bridgehead atoms. The number of ether oxygens (including phenoxy) is 2. The Hall–Kier alpha value is -1.55. The van der Waals surface area contributed by atoms with Crippen LogP contribution in [0.1, 0.15) is 29.6 Å². The minimum Gasteiger partial charge on any atom is -0.493 e. The highest BCUT2D eigenvalue weighted by molar-refractivity contribution is 5.76. The molecule has 0 aromatic heterocycles. The van der Waals surface area contributed by atoms with Crippen LogP contribution in [0.5, 0.6) is 11.5 Å². The van der Waals surface area contributed by atoms with Crippen LogP contribution in [0.3, 0.4) is 0 Å². The van der Waals surface area contributed by atoms with Gasteiger partial charge in [-0.05, 0) is 51.1 Å². The van der Waals surface area contributed by atoms with Gasteiger partial charge in [0.1, 0.15) is 12.4 Å². The minimum atomic E-state index is 0.223. The molecule has 19 heavy (non-hydrogen) atoms. The molecular formula is C15H21NO3. The SMILES string of the molecule is COc1cc(C=O)ccc1OC1CCCN(C)CC1. The van der Waals surface area contributed by atoms with Crippen molar-refractivity contribution in [2.75, 3.05) is 27.2 Å². The molecule has 4 nitrogen and oxygen atoms in total. The van der Waals surface area contributed by atoms with Crippen LogP contribution in [0, 0.1) is 0 Å². The molecule has 1 unspecified atom stereocenters. The zero-order valence-corrected chi connectivity index (χ0v) is 11.6. The third kappa shape index (κ3) is 3.70. The smallest absolute Gasteiger partial charge is 0.161 e. The Bertz CT molecular complexity index is 433. The van der Waals surface area contributed by atoms with Crippen molar-refractivity contribution in [3.05, 3.63) is 23.8 Å². The maximum Gasteiger partial charge on any atom is 0.161 e. The Kier molecular flexibility index (Phi) is 4.80.